The van der Waals surface area contributed by atoms with Crippen LogP contribution in [-0.2, 0) is 0 Å². The van der Waals surface area contributed by atoms with E-state index in [0.717, 1.165) is 16.8 Å². The lowest BCUT2D eigenvalue weighted by atomic mass is 9.92. The van der Waals surface area contributed by atoms with Crippen LogP contribution < -0.4 is 16.0 Å². The van der Waals surface area contributed by atoms with E-state index in [4.69, 9.17) is 11.6 Å². The average Bonchev–Trinajstić information content (AvgIpc) is 3.30. The molecule has 1 saturated heterocycles. The molecule has 0 spiro atoms. The van der Waals surface area contributed by atoms with Crippen molar-refractivity contribution in [3.63, 3.8) is 0 Å². The van der Waals surface area contributed by atoms with Crippen LogP contribution in [0.1, 0.15) is 25.3 Å². The second-order valence-corrected chi connectivity index (χ2v) is 8.45. The van der Waals surface area contributed by atoms with Crippen molar-refractivity contribution in [2.75, 3.05) is 0 Å². The predicted octanol–water partition coefficient (Wildman–Crippen LogP) is 4.67. The first kappa shape index (κ1) is 20.2. The zero-order chi connectivity index (χ0) is 21.9. The van der Waals surface area contributed by atoms with Crippen molar-refractivity contribution in [2.24, 2.45) is 10.9 Å². The number of fused-ring (bicyclic) bond motifs is 2. The topological polar surface area (TPSA) is 48.5 Å². The van der Waals surface area contributed by atoms with E-state index in [1.54, 1.807) is 12.1 Å². The third-order valence-corrected chi connectivity index (χ3v) is 6.27. The number of nitrogens with zero attached hydrogens (tertiary/aromatic N) is 1. The number of hydrogen-bond donors (Lipinski definition) is 3. The SMILES string of the molecule is CC1=C2NC(c3c(F)cccc3Cl)=NC2CC(C2NC3=CCC(C(F)(F)F)C=C3N2)=C1. The molecule has 9 heteroatoms. The Balaban J connectivity index is 1.38. The van der Waals surface area contributed by atoms with Crippen molar-refractivity contribution in [3.05, 3.63) is 81.1 Å². The summed E-state index contributed by atoms with van der Waals surface area (Å²) in [5.41, 5.74) is 4.18. The average molecular weight is 451 g/mol. The predicted molar refractivity (Wildman–Crippen MR) is 111 cm³/mol. The molecule has 0 bridgehead atoms. The Bertz CT molecular complexity index is 1090. The van der Waals surface area contributed by atoms with Gasteiger partial charge in [-0.05, 0) is 42.7 Å². The lowest BCUT2D eigenvalue weighted by Crippen LogP contribution is -2.35. The maximum atomic E-state index is 14.3. The minimum absolute atomic E-state index is 0.0740. The lowest BCUT2D eigenvalue weighted by Gasteiger charge is -2.24. The van der Waals surface area contributed by atoms with Gasteiger partial charge in [0, 0.05) is 12.1 Å². The van der Waals surface area contributed by atoms with Crippen LogP contribution in [-0.4, -0.2) is 24.2 Å². The molecule has 2 aliphatic carbocycles. The molecule has 1 aromatic carbocycles. The van der Waals surface area contributed by atoms with Crippen molar-refractivity contribution < 1.29 is 17.6 Å². The first-order valence-electron chi connectivity index (χ1n) is 9.93. The molecule has 1 aromatic rings. The highest BCUT2D eigenvalue weighted by molar-refractivity contribution is 6.34. The van der Waals surface area contributed by atoms with Crippen molar-refractivity contribution in [1.29, 1.82) is 0 Å². The van der Waals surface area contributed by atoms with E-state index >= 15 is 0 Å². The summed E-state index contributed by atoms with van der Waals surface area (Å²) in [5, 5.41) is 9.91. The summed E-state index contributed by atoms with van der Waals surface area (Å²) in [6, 6.07) is 4.25. The van der Waals surface area contributed by atoms with Crippen LogP contribution in [0, 0.1) is 11.7 Å². The molecule has 0 amide bonds. The Hall–Kier alpha value is -2.74. The summed E-state index contributed by atoms with van der Waals surface area (Å²) in [5.74, 6) is -1.55. The number of halogens is 5. The molecule has 2 heterocycles. The Morgan fingerprint density at radius 1 is 1.16 bits per heavy atom. The fourth-order valence-electron chi connectivity index (χ4n) is 4.40. The summed E-state index contributed by atoms with van der Waals surface area (Å²) in [6.07, 6.45) is 0.710. The van der Waals surface area contributed by atoms with Crippen LogP contribution in [0.3, 0.4) is 0 Å². The molecule has 4 aliphatic rings. The van der Waals surface area contributed by atoms with E-state index in [1.165, 1.54) is 18.2 Å². The van der Waals surface area contributed by atoms with Gasteiger partial charge < -0.3 is 16.0 Å². The summed E-state index contributed by atoms with van der Waals surface area (Å²) in [6.45, 7) is 1.93. The summed E-state index contributed by atoms with van der Waals surface area (Å²) in [4.78, 5) is 4.66. The van der Waals surface area contributed by atoms with Gasteiger partial charge in [0.05, 0.1) is 33.9 Å². The number of allylic oxidation sites excluding steroid dienone is 4. The molecule has 0 saturated carbocycles. The highest BCUT2D eigenvalue weighted by Crippen LogP contribution is 2.38. The van der Waals surface area contributed by atoms with Crippen molar-refractivity contribution >= 4 is 17.4 Å². The molecule has 4 nitrogen and oxygen atoms in total. The van der Waals surface area contributed by atoms with E-state index < -0.39 is 17.9 Å². The third kappa shape index (κ3) is 3.52. The van der Waals surface area contributed by atoms with Crippen LogP contribution in [0.25, 0.3) is 0 Å². The molecule has 3 unspecified atom stereocenters. The van der Waals surface area contributed by atoms with Gasteiger partial charge in [0.25, 0.3) is 0 Å². The van der Waals surface area contributed by atoms with Gasteiger partial charge in [0.1, 0.15) is 17.8 Å². The fraction of sp³-hybridized carbons (Fsp3) is 0.318. The Morgan fingerprint density at radius 3 is 2.68 bits per heavy atom. The second-order valence-electron chi connectivity index (χ2n) is 8.04. The van der Waals surface area contributed by atoms with E-state index in [1.807, 2.05) is 13.0 Å². The first-order valence-corrected chi connectivity index (χ1v) is 10.3. The smallest absolute Gasteiger partial charge is 0.360 e. The number of hydrogen-bond acceptors (Lipinski definition) is 4. The molecule has 0 aromatic heterocycles. The monoisotopic (exact) mass is 450 g/mol. The number of benzene rings is 1. The molecule has 162 valence electrons. The van der Waals surface area contributed by atoms with E-state index in [-0.39, 0.29) is 29.2 Å². The number of aliphatic imine (C=N–C) groups is 1. The van der Waals surface area contributed by atoms with Crippen molar-refractivity contribution in [2.45, 2.75) is 38.1 Å². The molecule has 31 heavy (non-hydrogen) atoms. The van der Waals surface area contributed by atoms with Gasteiger partial charge in [0.15, 0.2) is 0 Å². The number of amidine groups is 1. The highest BCUT2D eigenvalue weighted by Gasteiger charge is 2.41. The van der Waals surface area contributed by atoms with Crippen molar-refractivity contribution in [3.8, 4) is 0 Å². The van der Waals surface area contributed by atoms with Gasteiger partial charge in [-0.25, -0.2) is 4.39 Å². The molecule has 2 aliphatic heterocycles. The van der Waals surface area contributed by atoms with Gasteiger partial charge in [0.2, 0.25) is 0 Å². The number of nitrogens with one attached hydrogen (secondary N) is 3. The van der Waals surface area contributed by atoms with Crippen LogP contribution in [0.4, 0.5) is 17.6 Å². The Kier molecular flexibility index (Phi) is 4.66. The number of rotatable bonds is 2. The normalized spacial score (nSPS) is 27.2. The minimum Gasteiger partial charge on any atom is -0.360 e. The van der Waals surface area contributed by atoms with E-state index in [2.05, 4.69) is 20.9 Å². The molecule has 0 radical (unpaired) electrons. The maximum absolute atomic E-state index is 14.3. The van der Waals surface area contributed by atoms with Gasteiger partial charge in [-0.1, -0.05) is 29.8 Å². The van der Waals surface area contributed by atoms with Gasteiger partial charge >= 0.3 is 6.18 Å². The quantitative estimate of drug-likeness (QED) is 0.574. The maximum Gasteiger partial charge on any atom is 0.395 e. The Morgan fingerprint density at radius 2 is 1.94 bits per heavy atom. The summed E-state index contributed by atoms with van der Waals surface area (Å²) < 4.78 is 53.6. The molecule has 1 fully saturated rings. The lowest BCUT2D eigenvalue weighted by molar-refractivity contribution is -0.160. The van der Waals surface area contributed by atoms with Crippen LogP contribution in [0.2, 0.25) is 5.02 Å². The molecule has 3 N–H and O–H groups in total. The largest absolute Gasteiger partial charge is 0.395 e. The third-order valence-electron chi connectivity index (χ3n) is 5.95. The minimum atomic E-state index is -4.26. The standard InChI is InChI=1S/C22H19ClF4N4/c1-10-7-11(20-28-15-6-5-12(22(25,26)27)9-16(15)29-20)8-17-19(10)31-21(30-17)18-13(23)3-2-4-14(18)24/h2-4,6-7,9,12,17,20,28-29H,5,8H2,1H3,(H,30,31). The number of alkyl halides is 3. The molecule has 5 rings (SSSR count). The van der Waals surface area contributed by atoms with Gasteiger partial charge in [-0.15, -0.1) is 0 Å². The summed E-state index contributed by atoms with van der Waals surface area (Å²) >= 11 is 6.19. The highest BCUT2D eigenvalue weighted by atomic mass is 35.5. The fourth-order valence-corrected chi connectivity index (χ4v) is 4.65. The van der Waals surface area contributed by atoms with Crippen LogP contribution in [0.15, 0.2) is 69.7 Å². The Labute approximate surface area is 181 Å². The van der Waals surface area contributed by atoms with E-state index in [9.17, 15) is 17.6 Å². The molecular formula is C22H19ClF4N4. The van der Waals surface area contributed by atoms with Gasteiger partial charge in [-0.2, -0.15) is 13.2 Å². The second kappa shape index (κ2) is 7.15. The van der Waals surface area contributed by atoms with Crippen LogP contribution >= 0.6 is 11.6 Å². The summed E-state index contributed by atoms with van der Waals surface area (Å²) in [7, 11) is 0. The zero-order valence-corrected chi connectivity index (χ0v) is 17.2. The first-order chi connectivity index (χ1) is 14.7. The molecular weight excluding hydrogens is 432 g/mol. The van der Waals surface area contributed by atoms with Crippen LogP contribution in [0.5, 0.6) is 0 Å². The van der Waals surface area contributed by atoms with Gasteiger partial charge in [-0.3, -0.25) is 4.99 Å². The van der Waals surface area contributed by atoms with E-state index in [0.29, 0.717) is 23.7 Å². The molecule has 3 atom stereocenters. The zero-order valence-electron chi connectivity index (χ0n) is 16.4. The van der Waals surface area contributed by atoms with Crippen molar-refractivity contribution in [1.82, 2.24) is 16.0 Å².